The van der Waals surface area contributed by atoms with Crippen molar-refractivity contribution in [1.29, 1.82) is 0 Å². The molecule has 0 spiro atoms. The van der Waals surface area contributed by atoms with Gasteiger partial charge in [0.15, 0.2) is 0 Å². The van der Waals surface area contributed by atoms with Crippen molar-refractivity contribution in [3.63, 3.8) is 0 Å². The van der Waals surface area contributed by atoms with Gasteiger partial charge in [-0.15, -0.1) is 0 Å². The van der Waals surface area contributed by atoms with E-state index >= 15 is 0 Å². The summed E-state index contributed by atoms with van der Waals surface area (Å²) in [5.41, 5.74) is 13.7. The van der Waals surface area contributed by atoms with Crippen molar-refractivity contribution in [2.24, 2.45) is 11.5 Å². The molecule has 1 aliphatic rings. The van der Waals surface area contributed by atoms with Crippen molar-refractivity contribution in [3.8, 4) is 0 Å². The highest BCUT2D eigenvalue weighted by molar-refractivity contribution is 5.33. The number of rotatable bonds is 8. The van der Waals surface area contributed by atoms with Crippen LogP contribution in [0.15, 0.2) is 23.8 Å². The molecular formula is C16H30N2. The molecule has 2 unspecified atom stereocenters. The highest BCUT2D eigenvalue weighted by Crippen LogP contribution is 2.25. The van der Waals surface area contributed by atoms with E-state index in [2.05, 4.69) is 32.1 Å². The molecule has 0 amide bonds. The molecule has 1 rings (SSSR count). The Hall–Kier alpha value is -0.600. The molecule has 18 heavy (non-hydrogen) atoms. The predicted octanol–water partition coefficient (Wildman–Crippen LogP) is 3.67. The van der Waals surface area contributed by atoms with E-state index in [1.54, 1.807) is 0 Å². The molecule has 4 N–H and O–H groups in total. The standard InChI is InChI=1S/C16H30N2/c1-3-5-7-9-14-10-12-16(18,15(17)13-14)11-8-6-4-2/h10,12-13,15H,3-9,11,17-18H2,1-2H3. The summed E-state index contributed by atoms with van der Waals surface area (Å²) >= 11 is 0. The number of allylic oxidation sites excluding steroid dienone is 2. The first kappa shape index (κ1) is 15.5. The summed E-state index contributed by atoms with van der Waals surface area (Å²) < 4.78 is 0. The first-order valence-electron chi connectivity index (χ1n) is 7.56. The lowest BCUT2D eigenvalue weighted by Crippen LogP contribution is -2.54. The van der Waals surface area contributed by atoms with Gasteiger partial charge in [-0.3, -0.25) is 0 Å². The number of hydrogen-bond donors (Lipinski definition) is 2. The maximum atomic E-state index is 6.40. The van der Waals surface area contributed by atoms with E-state index in [0.29, 0.717) is 0 Å². The van der Waals surface area contributed by atoms with Crippen LogP contribution in [0, 0.1) is 0 Å². The molecule has 0 aromatic rings. The van der Waals surface area contributed by atoms with E-state index < -0.39 is 0 Å². The lowest BCUT2D eigenvalue weighted by molar-refractivity contribution is 0.413. The molecule has 2 atom stereocenters. The summed E-state index contributed by atoms with van der Waals surface area (Å²) in [6, 6.07) is -0.0176. The second kappa shape index (κ2) is 7.75. The second-order valence-corrected chi connectivity index (χ2v) is 5.63. The quantitative estimate of drug-likeness (QED) is 0.646. The predicted molar refractivity (Wildman–Crippen MR) is 80.4 cm³/mol. The van der Waals surface area contributed by atoms with Gasteiger partial charge in [-0.05, 0) is 19.3 Å². The van der Waals surface area contributed by atoms with E-state index in [9.17, 15) is 0 Å². The smallest absolute Gasteiger partial charge is 0.0532 e. The molecule has 0 saturated heterocycles. The van der Waals surface area contributed by atoms with Crippen molar-refractivity contribution in [2.75, 3.05) is 0 Å². The van der Waals surface area contributed by atoms with Gasteiger partial charge in [0.05, 0.1) is 5.54 Å². The Kier molecular flexibility index (Phi) is 6.66. The Bertz CT molecular complexity index is 293. The van der Waals surface area contributed by atoms with Crippen LogP contribution in [0.4, 0.5) is 0 Å². The largest absolute Gasteiger partial charge is 0.323 e. The molecule has 0 aromatic heterocycles. The Morgan fingerprint density at radius 2 is 1.78 bits per heavy atom. The molecular weight excluding hydrogens is 220 g/mol. The van der Waals surface area contributed by atoms with Gasteiger partial charge in [0.1, 0.15) is 0 Å². The van der Waals surface area contributed by atoms with E-state index in [1.165, 1.54) is 44.1 Å². The second-order valence-electron chi connectivity index (χ2n) is 5.63. The van der Waals surface area contributed by atoms with Crippen molar-refractivity contribution in [2.45, 2.75) is 76.8 Å². The van der Waals surface area contributed by atoms with Gasteiger partial charge >= 0.3 is 0 Å². The average molecular weight is 250 g/mol. The summed E-state index contributed by atoms with van der Waals surface area (Å²) in [5, 5.41) is 0. The van der Waals surface area contributed by atoms with E-state index in [4.69, 9.17) is 11.5 Å². The van der Waals surface area contributed by atoms with Gasteiger partial charge < -0.3 is 11.5 Å². The summed E-state index contributed by atoms with van der Waals surface area (Å²) in [6.07, 6.45) is 16.1. The third-order valence-corrected chi connectivity index (χ3v) is 3.90. The van der Waals surface area contributed by atoms with Gasteiger partial charge in [0, 0.05) is 6.04 Å². The van der Waals surface area contributed by atoms with Crippen molar-refractivity contribution in [1.82, 2.24) is 0 Å². The van der Waals surface area contributed by atoms with E-state index in [-0.39, 0.29) is 11.6 Å². The van der Waals surface area contributed by atoms with Gasteiger partial charge in [-0.25, -0.2) is 0 Å². The molecule has 0 radical (unpaired) electrons. The zero-order valence-electron chi connectivity index (χ0n) is 12.1. The molecule has 104 valence electrons. The monoisotopic (exact) mass is 250 g/mol. The van der Waals surface area contributed by atoms with E-state index in [0.717, 1.165) is 12.8 Å². The van der Waals surface area contributed by atoms with E-state index in [1.807, 2.05) is 0 Å². The van der Waals surface area contributed by atoms with Crippen LogP contribution < -0.4 is 11.5 Å². The first-order chi connectivity index (χ1) is 8.62. The molecule has 0 heterocycles. The highest BCUT2D eigenvalue weighted by atomic mass is 14.8. The third kappa shape index (κ3) is 4.58. The van der Waals surface area contributed by atoms with Crippen molar-refractivity contribution in [3.05, 3.63) is 23.8 Å². The lowest BCUT2D eigenvalue weighted by Gasteiger charge is -2.34. The fourth-order valence-corrected chi connectivity index (χ4v) is 2.49. The zero-order chi connectivity index (χ0) is 13.4. The van der Waals surface area contributed by atoms with Gasteiger partial charge in [0.25, 0.3) is 0 Å². The summed E-state index contributed by atoms with van der Waals surface area (Å²) in [5.74, 6) is 0. The van der Waals surface area contributed by atoms with Crippen molar-refractivity contribution >= 4 is 0 Å². The number of hydrogen-bond acceptors (Lipinski definition) is 2. The molecule has 2 heteroatoms. The third-order valence-electron chi connectivity index (χ3n) is 3.90. The van der Waals surface area contributed by atoms with Crippen LogP contribution in [0.5, 0.6) is 0 Å². The minimum atomic E-state index is -0.316. The number of nitrogens with two attached hydrogens (primary N) is 2. The Labute approximate surface area is 113 Å². The van der Waals surface area contributed by atoms with Crippen LogP contribution in [-0.4, -0.2) is 11.6 Å². The van der Waals surface area contributed by atoms with Gasteiger partial charge in [0.2, 0.25) is 0 Å². The van der Waals surface area contributed by atoms with Crippen LogP contribution >= 0.6 is 0 Å². The SMILES string of the molecule is CCCCCC1=CC(N)C(N)(CCCCC)C=C1. The van der Waals surface area contributed by atoms with Crippen LogP contribution in [0.2, 0.25) is 0 Å². The van der Waals surface area contributed by atoms with Crippen LogP contribution in [-0.2, 0) is 0 Å². The minimum Gasteiger partial charge on any atom is -0.323 e. The summed E-state index contributed by atoms with van der Waals surface area (Å²) in [7, 11) is 0. The zero-order valence-corrected chi connectivity index (χ0v) is 12.1. The Balaban J connectivity index is 2.46. The molecule has 2 nitrogen and oxygen atoms in total. The first-order valence-corrected chi connectivity index (χ1v) is 7.56. The fourth-order valence-electron chi connectivity index (χ4n) is 2.49. The lowest BCUT2D eigenvalue weighted by atomic mass is 9.80. The maximum absolute atomic E-state index is 6.40. The van der Waals surface area contributed by atoms with Crippen LogP contribution in [0.25, 0.3) is 0 Å². The highest BCUT2D eigenvalue weighted by Gasteiger charge is 2.30. The Morgan fingerprint density at radius 1 is 1.11 bits per heavy atom. The van der Waals surface area contributed by atoms with Crippen LogP contribution in [0.3, 0.4) is 0 Å². The fraction of sp³-hybridized carbons (Fsp3) is 0.750. The molecule has 0 fully saturated rings. The molecule has 0 aliphatic heterocycles. The van der Waals surface area contributed by atoms with Crippen LogP contribution in [0.1, 0.15) is 65.2 Å². The minimum absolute atomic E-state index is 0.0176. The summed E-state index contributed by atoms with van der Waals surface area (Å²) in [4.78, 5) is 0. The number of unbranched alkanes of at least 4 members (excludes halogenated alkanes) is 4. The average Bonchev–Trinajstić information content (AvgIpc) is 2.35. The topological polar surface area (TPSA) is 52.0 Å². The summed E-state index contributed by atoms with van der Waals surface area (Å²) in [6.45, 7) is 4.45. The molecule has 0 bridgehead atoms. The molecule has 0 saturated carbocycles. The molecule has 1 aliphatic carbocycles. The normalized spacial score (nSPS) is 27.3. The van der Waals surface area contributed by atoms with Gasteiger partial charge in [-0.2, -0.15) is 0 Å². The van der Waals surface area contributed by atoms with Gasteiger partial charge in [-0.1, -0.05) is 69.8 Å². The van der Waals surface area contributed by atoms with Crippen molar-refractivity contribution < 1.29 is 0 Å². The maximum Gasteiger partial charge on any atom is 0.0532 e. The Morgan fingerprint density at radius 3 is 2.39 bits per heavy atom. The molecule has 0 aromatic carbocycles.